The average Bonchev–Trinajstić information content (AvgIpc) is 2.88. The first kappa shape index (κ1) is 15.0. The van der Waals surface area contributed by atoms with Gasteiger partial charge in [0.15, 0.2) is 0 Å². The summed E-state index contributed by atoms with van der Waals surface area (Å²) >= 11 is 0. The quantitative estimate of drug-likeness (QED) is 0.831. The maximum atomic E-state index is 9.81. The Balaban J connectivity index is 1.77. The van der Waals surface area contributed by atoms with Gasteiger partial charge >= 0.3 is 0 Å². The van der Waals surface area contributed by atoms with Crippen molar-refractivity contribution in [3.8, 4) is 0 Å². The molecule has 0 aromatic heterocycles. The van der Waals surface area contributed by atoms with Crippen LogP contribution in [-0.4, -0.2) is 48.1 Å². The normalized spacial score (nSPS) is 19.8. The number of nitrogens with zero attached hydrogens (tertiary/aromatic N) is 2. The number of hydrogen-bond donors (Lipinski definition) is 1. The first-order chi connectivity index (χ1) is 9.69. The van der Waals surface area contributed by atoms with Crippen molar-refractivity contribution in [3.05, 3.63) is 35.9 Å². The second kappa shape index (κ2) is 7.41. The molecule has 0 amide bonds. The molecule has 1 aliphatic heterocycles. The summed E-state index contributed by atoms with van der Waals surface area (Å²) < 4.78 is 0. The molecular weight excluding hydrogens is 252 g/mol. The Morgan fingerprint density at radius 1 is 1.40 bits per heavy atom. The molecule has 1 heterocycles. The standard InChI is InChI=1S/C16H24N2O2/c1-3-7-14(19)11-18(2)12-15-10-16(17-20-15)13-8-5-4-6-9-13/h4-6,8-9,14-15,19H,3,7,10-12H2,1-2H3/t14-,15+/m1/s1. The Kier molecular flexibility index (Phi) is 5.56. The highest BCUT2D eigenvalue weighted by atomic mass is 16.6. The van der Waals surface area contributed by atoms with Crippen LogP contribution in [0.15, 0.2) is 35.5 Å². The maximum Gasteiger partial charge on any atom is 0.145 e. The Hall–Kier alpha value is -1.39. The third kappa shape index (κ3) is 4.32. The molecule has 4 nitrogen and oxygen atoms in total. The number of aliphatic hydroxyl groups excluding tert-OH is 1. The van der Waals surface area contributed by atoms with E-state index in [0.717, 1.165) is 37.1 Å². The van der Waals surface area contributed by atoms with Gasteiger partial charge in [-0.15, -0.1) is 0 Å². The van der Waals surface area contributed by atoms with E-state index in [4.69, 9.17) is 4.84 Å². The minimum absolute atomic E-state index is 0.0871. The summed E-state index contributed by atoms with van der Waals surface area (Å²) in [4.78, 5) is 7.62. The molecule has 0 radical (unpaired) electrons. The predicted molar refractivity (Wildman–Crippen MR) is 80.9 cm³/mol. The van der Waals surface area contributed by atoms with E-state index in [1.165, 1.54) is 0 Å². The van der Waals surface area contributed by atoms with E-state index in [1.54, 1.807) is 0 Å². The van der Waals surface area contributed by atoms with Gasteiger partial charge in [0.25, 0.3) is 0 Å². The summed E-state index contributed by atoms with van der Waals surface area (Å²) in [6, 6.07) is 10.1. The van der Waals surface area contributed by atoms with Gasteiger partial charge in [-0.2, -0.15) is 0 Å². The molecule has 20 heavy (non-hydrogen) atoms. The molecule has 0 unspecified atom stereocenters. The van der Waals surface area contributed by atoms with E-state index in [-0.39, 0.29) is 12.2 Å². The lowest BCUT2D eigenvalue weighted by atomic mass is 10.0. The molecule has 0 saturated carbocycles. The zero-order valence-corrected chi connectivity index (χ0v) is 12.3. The Labute approximate surface area is 121 Å². The van der Waals surface area contributed by atoms with Gasteiger partial charge < -0.3 is 14.8 Å². The topological polar surface area (TPSA) is 45.1 Å². The summed E-state index contributed by atoms with van der Waals surface area (Å²) in [5.74, 6) is 0. The Morgan fingerprint density at radius 3 is 2.85 bits per heavy atom. The van der Waals surface area contributed by atoms with Crippen LogP contribution < -0.4 is 0 Å². The summed E-state index contributed by atoms with van der Waals surface area (Å²) in [5.41, 5.74) is 2.14. The fraction of sp³-hybridized carbons (Fsp3) is 0.562. The molecule has 2 rings (SSSR count). The number of likely N-dealkylation sites (N-methyl/N-ethyl adjacent to an activating group) is 1. The minimum atomic E-state index is -0.249. The molecule has 1 aliphatic rings. The molecule has 1 aromatic rings. The van der Waals surface area contributed by atoms with Crippen LogP contribution in [0.4, 0.5) is 0 Å². The fourth-order valence-corrected chi connectivity index (χ4v) is 2.53. The SMILES string of the molecule is CCC[C@@H](O)CN(C)C[C@@H]1CC(c2ccccc2)=NO1. The van der Waals surface area contributed by atoms with E-state index in [1.807, 2.05) is 25.2 Å². The van der Waals surface area contributed by atoms with Gasteiger partial charge in [0.2, 0.25) is 0 Å². The van der Waals surface area contributed by atoms with Crippen molar-refractivity contribution in [1.82, 2.24) is 4.90 Å². The minimum Gasteiger partial charge on any atom is -0.392 e. The maximum absolute atomic E-state index is 9.81. The molecule has 4 heteroatoms. The Morgan fingerprint density at radius 2 is 2.15 bits per heavy atom. The van der Waals surface area contributed by atoms with Crippen LogP contribution in [0.3, 0.4) is 0 Å². The third-order valence-corrected chi connectivity index (χ3v) is 3.50. The van der Waals surface area contributed by atoms with E-state index in [2.05, 4.69) is 29.1 Å². The summed E-state index contributed by atoms with van der Waals surface area (Å²) in [6.45, 7) is 3.57. The third-order valence-electron chi connectivity index (χ3n) is 3.50. The lowest BCUT2D eigenvalue weighted by Crippen LogP contribution is -2.35. The predicted octanol–water partition coefficient (Wildman–Crippen LogP) is 2.27. The van der Waals surface area contributed by atoms with Gasteiger partial charge in [-0.1, -0.05) is 48.8 Å². The lowest BCUT2D eigenvalue weighted by Gasteiger charge is -2.22. The van der Waals surface area contributed by atoms with E-state index in [9.17, 15) is 5.11 Å². The van der Waals surface area contributed by atoms with Crippen LogP contribution in [0.2, 0.25) is 0 Å². The van der Waals surface area contributed by atoms with Crippen molar-refractivity contribution < 1.29 is 9.94 Å². The largest absolute Gasteiger partial charge is 0.392 e. The molecule has 110 valence electrons. The van der Waals surface area contributed by atoms with Crippen molar-refractivity contribution >= 4 is 5.71 Å². The van der Waals surface area contributed by atoms with Crippen molar-refractivity contribution in [2.45, 2.75) is 38.4 Å². The molecule has 1 aromatic carbocycles. The second-order valence-corrected chi connectivity index (χ2v) is 5.50. The fourth-order valence-electron chi connectivity index (χ4n) is 2.53. The molecule has 0 fully saturated rings. The number of rotatable bonds is 7. The zero-order chi connectivity index (χ0) is 14.4. The van der Waals surface area contributed by atoms with Gasteiger partial charge in [-0.25, -0.2) is 0 Å². The number of aliphatic hydroxyl groups is 1. The number of benzene rings is 1. The molecule has 0 aliphatic carbocycles. The molecule has 2 atom stereocenters. The van der Waals surface area contributed by atoms with E-state index in [0.29, 0.717) is 6.54 Å². The highest BCUT2D eigenvalue weighted by Crippen LogP contribution is 2.17. The van der Waals surface area contributed by atoms with Gasteiger partial charge in [-0.3, -0.25) is 0 Å². The molecule has 0 bridgehead atoms. The van der Waals surface area contributed by atoms with Gasteiger partial charge in [0.1, 0.15) is 6.10 Å². The lowest BCUT2D eigenvalue weighted by molar-refractivity contribution is 0.0427. The van der Waals surface area contributed by atoms with Crippen molar-refractivity contribution in [1.29, 1.82) is 0 Å². The van der Waals surface area contributed by atoms with Crippen molar-refractivity contribution in [3.63, 3.8) is 0 Å². The van der Waals surface area contributed by atoms with E-state index < -0.39 is 0 Å². The van der Waals surface area contributed by atoms with Crippen LogP contribution >= 0.6 is 0 Å². The molecular formula is C16H24N2O2. The second-order valence-electron chi connectivity index (χ2n) is 5.50. The number of oxime groups is 1. The highest BCUT2D eigenvalue weighted by Gasteiger charge is 2.23. The molecule has 1 N–H and O–H groups in total. The van der Waals surface area contributed by atoms with Crippen LogP contribution in [0.25, 0.3) is 0 Å². The smallest absolute Gasteiger partial charge is 0.145 e. The molecule has 0 saturated heterocycles. The first-order valence-electron chi connectivity index (χ1n) is 7.33. The van der Waals surface area contributed by atoms with Gasteiger partial charge in [-0.05, 0) is 19.0 Å². The molecule has 0 spiro atoms. The van der Waals surface area contributed by atoms with Crippen molar-refractivity contribution in [2.24, 2.45) is 5.16 Å². The van der Waals surface area contributed by atoms with Crippen LogP contribution in [0.1, 0.15) is 31.7 Å². The van der Waals surface area contributed by atoms with Crippen LogP contribution in [-0.2, 0) is 4.84 Å². The number of hydrogen-bond acceptors (Lipinski definition) is 4. The van der Waals surface area contributed by atoms with E-state index >= 15 is 0 Å². The van der Waals surface area contributed by atoms with Gasteiger partial charge in [0.05, 0.1) is 11.8 Å². The summed E-state index contributed by atoms with van der Waals surface area (Å²) in [6.07, 6.45) is 2.53. The average molecular weight is 276 g/mol. The highest BCUT2D eigenvalue weighted by molar-refractivity contribution is 6.01. The zero-order valence-electron chi connectivity index (χ0n) is 12.3. The van der Waals surface area contributed by atoms with Crippen molar-refractivity contribution in [2.75, 3.05) is 20.1 Å². The Bertz CT molecular complexity index is 433. The van der Waals surface area contributed by atoms with Crippen LogP contribution in [0.5, 0.6) is 0 Å². The monoisotopic (exact) mass is 276 g/mol. The summed E-state index contributed by atoms with van der Waals surface area (Å²) in [5, 5.41) is 14.0. The first-order valence-corrected chi connectivity index (χ1v) is 7.33. The van der Waals surface area contributed by atoms with Crippen LogP contribution in [0, 0.1) is 0 Å². The van der Waals surface area contributed by atoms with Gasteiger partial charge in [0, 0.05) is 19.5 Å². The summed E-state index contributed by atoms with van der Waals surface area (Å²) in [7, 11) is 2.02.